The van der Waals surface area contributed by atoms with E-state index in [9.17, 15) is 4.79 Å². The minimum absolute atomic E-state index is 0.224. The molecular weight excluding hydrogens is 506 g/mol. The van der Waals surface area contributed by atoms with Crippen LogP contribution in [0, 0.1) is 6.92 Å². The highest BCUT2D eigenvalue weighted by molar-refractivity contribution is 7.13. The molecule has 1 saturated carbocycles. The highest BCUT2D eigenvalue weighted by Crippen LogP contribution is 2.32. The largest absolute Gasteiger partial charge is 0.453 e. The maximum absolute atomic E-state index is 11.8. The number of nitrogens with one attached hydrogen (secondary N) is 2. The van der Waals surface area contributed by atoms with Gasteiger partial charge in [0.05, 0.1) is 42.7 Å². The van der Waals surface area contributed by atoms with E-state index in [0.29, 0.717) is 24.6 Å². The summed E-state index contributed by atoms with van der Waals surface area (Å²) in [5.41, 5.74) is 1.81. The van der Waals surface area contributed by atoms with Gasteiger partial charge >= 0.3 is 6.09 Å². The van der Waals surface area contributed by atoms with Crippen molar-refractivity contribution in [1.29, 1.82) is 0 Å². The third-order valence-electron chi connectivity index (χ3n) is 7.95. The molecule has 0 radical (unpaired) electrons. The van der Waals surface area contributed by atoms with Gasteiger partial charge < -0.3 is 25.0 Å². The van der Waals surface area contributed by atoms with Crippen molar-refractivity contribution in [3.05, 3.63) is 18.1 Å². The number of aromatic nitrogens is 5. The van der Waals surface area contributed by atoms with Crippen LogP contribution in [0.25, 0.3) is 10.2 Å². The van der Waals surface area contributed by atoms with Gasteiger partial charge in [0.1, 0.15) is 5.82 Å². The molecule has 0 unspecified atom stereocenters. The van der Waals surface area contributed by atoms with Crippen molar-refractivity contribution in [3.8, 4) is 0 Å². The maximum atomic E-state index is 11.8. The molecule has 3 aromatic rings. The summed E-state index contributed by atoms with van der Waals surface area (Å²) in [6, 6.07) is 1.18. The number of carbonyl (C=O) groups is 1. The summed E-state index contributed by atoms with van der Waals surface area (Å²) >= 11 is 1.40. The van der Waals surface area contributed by atoms with E-state index in [0.717, 1.165) is 92.3 Å². The average Bonchev–Trinajstić information content (AvgIpc) is 3.71. The minimum Gasteiger partial charge on any atom is -0.453 e. The second kappa shape index (κ2) is 11.0. The Bertz CT molecular complexity index is 1260. The van der Waals surface area contributed by atoms with Crippen LogP contribution in [0.5, 0.6) is 0 Å². The first-order valence-corrected chi connectivity index (χ1v) is 14.2. The second-order valence-corrected chi connectivity index (χ2v) is 11.1. The van der Waals surface area contributed by atoms with Gasteiger partial charge in [0.2, 0.25) is 5.95 Å². The number of nitrogens with zero attached hydrogens (tertiary/aromatic N) is 7. The van der Waals surface area contributed by atoms with Gasteiger partial charge in [-0.25, -0.2) is 4.79 Å². The van der Waals surface area contributed by atoms with Crippen LogP contribution in [0.3, 0.4) is 0 Å². The van der Waals surface area contributed by atoms with Crippen molar-refractivity contribution in [2.75, 3.05) is 57.1 Å². The Hall–Kier alpha value is -3.03. The standard InChI is InChI=1S/C25H35N9O3S/c1-16-21-22(27-17-3-5-19(6-4-17)32-8-10-33(11-9-32)25(35)36-2)29-24(30-23(21)38-31-16)28-18-13-26-34(14-18)20-7-12-37-15-20/h13-14,17,19-20H,3-12,15H2,1-2H3,(H2,27,28,29,30)/t17-,19-,20-/m1/s1. The number of hydrogen-bond donors (Lipinski definition) is 2. The van der Waals surface area contributed by atoms with Gasteiger partial charge in [0.25, 0.3) is 0 Å². The van der Waals surface area contributed by atoms with E-state index in [4.69, 9.17) is 19.4 Å². The summed E-state index contributed by atoms with van der Waals surface area (Å²) in [5.74, 6) is 1.39. The first-order valence-electron chi connectivity index (χ1n) is 13.4. The number of fused-ring (bicyclic) bond motifs is 1. The minimum atomic E-state index is -0.224. The van der Waals surface area contributed by atoms with Gasteiger partial charge in [-0.3, -0.25) is 9.58 Å². The van der Waals surface area contributed by atoms with Crippen molar-refractivity contribution in [1.82, 2.24) is 33.9 Å². The Kier molecular flexibility index (Phi) is 7.30. The molecule has 2 aliphatic heterocycles. The number of hydrogen-bond acceptors (Lipinski definition) is 11. The number of amides is 1. The molecule has 5 heterocycles. The Morgan fingerprint density at radius 1 is 1.11 bits per heavy atom. The topological polar surface area (TPSA) is 123 Å². The predicted octanol–water partition coefficient (Wildman–Crippen LogP) is 3.40. The lowest BCUT2D eigenvalue weighted by Crippen LogP contribution is -2.53. The van der Waals surface area contributed by atoms with E-state index < -0.39 is 0 Å². The van der Waals surface area contributed by atoms with Gasteiger partial charge in [0, 0.05) is 51.1 Å². The van der Waals surface area contributed by atoms with Gasteiger partial charge in [0.15, 0.2) is 4.83 Å². The predicted molar refractivity (Wildman–Crippen MR) is 145 cm³/mol. The number of ether oxygens (including phenoxy) is 2. The number of methoxy groups -OCH3 is 1. The zero-order valence-electron chi connectivity index (χ0n) is 21.9. The fourth-order valence-corrected chi connectivity index (χ4v) is 6.57. The van der Waals surface area contributed by atoms with Crippen LogP contribution < -0.4 is 10.6 Å². The van der Waals surface area contributed by atoms with Crippen LogP contribution in [0.4, 0.5) is 22.2 Å². The van der Waals surface area contributed by atoms with Crippen molar-refractivity contribution in [2.24, 2.45) is 0 Å². The third kappa shape index (κ3) is 5.27. The molecule has 1 amide bonds. The average molecular weight is 542 g/mol. The smallest absolute Gasteiger partial charge is 0.409 e. The molecule has 1 atom stereocenters. The van der Waals surface area contributed by atoms with Gasteiger partial charge in [-0.15, -0.1) is 0 Å². The highest BCUT2D eigenvalue weighted by Gasteiger charge is 2.30. The molecule has 12 nitrogen and oxygen atoms in total. The van der Waals surface area contributed by atoms with Crippen LogP contribution >= 0.6 is 11.5 Å². The number of carbonyl (C=O) groups excluding carboxylic acids is 1. The van der Waals surface area contributed by atoms with Crippen LogP contribution in [0.2, 0.25) is 0 Å². The van der Waals surface area contributed by atoms with E-state index in [1.807, 2.05) is 24.0 Å². The number of rotatable bonds is 6. The van der Waals surface area contributed by atoms with E-state index in [1.54, 1.807) is 4.90 Å². The molecule has 13 heteroatoms. The molecule has 3 aromatic heterocycles. The van der Waals surface area contributed by atoms with E-state index in [2.05, 4.69) is 25.0 Å². The fourth-order valence-electron chi connectivity index (χ4n) is 5.79. The molecule has 1 aliphatic carbocycles. The normalized spacial score (nSPS) is 24.6. The van der Waals surface area contributed by atoms with Gasteiger partial charge in [-0.2, -0.15) is 19.4 Å². The van der Waals surface area contributed by atoms with Crippen LogP contribution in [-0.4, -0.2) is 98.6 Å². The molecule has 0 aromatic carbocycles. The quantitative estimate of drug-likeness (QED) is 0.480. The van der Waals surface area contributed by atoms with Crippen molar-refractivity contribution in [3.63, 3.8) is 0 Å². The SMILES string of the molecule is COC(=O)N1CCN([C@H]2CC[C@H](Nc3nc(Nc4cnn([C@@H]5CCOC5)c4)nc4snc(C)c34)CC2)CC1. The van der Waals surface area contributed by atoms with E-state index >= 15 is 0 Å². The summed E-state index contributed by atoms with van der Waals surface area (Å²) < 4.78 is 16.9. The summed E-state index contributed by atoms with van der Waals surface area (Å²) in [4.78, 5) is 26.6. The van der Waals surface area contributed by atoms with Gasteiger partial charge in [-0.05, 0) is 50.6 Å². The lowest BCUT2D eigenvalue weighted by atomic mass is 9.89. The number of aryl methyl sites for hydroxylation is 1. The molecule has 2 N–H and O–H groups in total. The lowest BCUT2D eigenvalue weighted by molar-refractivity contribution is 0.0642. The van der Waals surface area contributed by atoms with E-state index in [-0.39, 0.29) is 12.1 Å². The zero-order valence-corrected chi connectivity index (χ0v) is 22.7. The molecule has 0 spiro atoms. The molecule has 3 fully saturated rings. The third-order valence-corrected chi connectivity index (χ3v) is 8.78. The molecule has 3 aliphatic rings. The summed E-state index contributed by atoms with van der Waals surface area (Å²) in [6.45, 7) is 6.77. The van der Waals surface area contributed by atoms with Gasteiger partial charge in [-0.1, -0.05) is 0 Å². The summed E-state index contributed by atoms with van der Waals surface area (Å²) in [7, 11) is 1.45. The monoisotopic (exact) mass is 541 g/mol. The molecule has 2 saturated heterocycles. The summed E-state index contributed by atoms with van der Waals surface area (Å²) in [5, 5.41) is 12.6. The zero-order chi connectivity index (χ0) is 26.1. The van der Waals surface area contributed by atoms with Crippen molar-refractivity contribution >= 4 is 45.3 Å². The Balaban J connectivity index is 1.10. The van der Waals surface area contributed by atoms with Crippen molar-refractivity contribution in [2.45, 2.75) is 57.2 Å². The molecule has 6 rings (SSSR count). The molecule has 0 bridgehead atoms. The van der Waals surface area contributed by atoms with Crippen molar-refractivity contribution < 1.29 is 14.3 Å². The van der Waals surface area contributed by atoms with Crippen LogP contribution in [0.1, 0.15) is 43.8 Å². The highest BCUT2D eigenvalue weighted by atomic mass is 32.1. The van der Waals surface area contributed by atoms with Crippen LogP contribution in [-0.2, 0) is 9.47 Å². The van der Waals surface area contributed by atoms with Crippen LogP contribution in [0.15, 0.2) is 12.4 Å². The summed E-state index contributed by atoms with van der Waals surface area (Å²) in [6.07, 6.45) is 8.95. The first kappa shape index (κ1) is 25.3. The lowest BCUT2D eigenvalue weighted by Gasteiger charge is -2.41. The Labute approximate surface area is 225 Å². The molecule has 204 valence electrons. The molecular formula is C25H35N9O3S. The second-order valence-electron chi connectivity index (χ2n) is 10.3. The fraction of sp³-hybridized carbons (Fsp3) is 0.640. The van der Waals surface area contributed by atoms with E-state index in [1.165, 1.54) is 18.6 Å². The maximum Gasteiger partial charge on any atom is 0.409 e. The Morgan fingerprint density at radius 2 is 1.92 bits per heavy atom. The Morgan fingerprint density at radius 3 is 2.66 bits per heavy atom. The first-order chi connectivity index (χ1) is 18.6. The molecule has 38 heavy (non-hydrogen) atoms. The number of anilines is 3. The number of piperazine rings is 1.